The Morgan fingerprint density at radius 3 is 1.53 bits per heavy atom. The predicted octanol–water partition coefficient (Wildman–Crippen LogP) is 4.20. The van der Waals surface area contributed by atoms with E-state index >= 15 is 0 Å². The second kappa shape index (κ2) is 4.92. The summed E-state index contributed by atoms with van der Waals surface area (Å²) >= 11 is -11.2. The minimum absolute atomic E-state index is 0.533. The van der Waals surface area contributed by atoms with Gasteiger partial charge in [-0.3, -0.25) is 0 Å². The summed E-state index contributed by atoms with van der Waals surface area (Å²) in [5.41, 5.74) is 1.45. The molecule has 102 valence electrons. The van der Waals surface area contributed by atoms with E-state index < -0.39 is 19.5 Å². The van der Waals surface area contributed by atoms with Gasteiger partial charge < -0.3 is 0 Å². The van der Waals surface area contributed by atoms with Gasteiger partial charge in [0.1, 0.15) is 5.75 Å². The zero-order valence-corrected chi connectivity index (χ0v) is 12.6. The minimum atomic E-state index is -11.2. The van der Waals surface area contributed by atoms with E-state index in [0.29, 0.717) is 10.9 Å². The quantitative estimate of drug-likeness (QED) is 0.404. The summed E-state index contributed by atoms with van der Waals surface area (Å²) in [6, 6.07) is 10.6. The van der Waals surface area contributed by atoms with Gasteiger partial charge in [-0.25, -0.2) is 0 Å². The molecule has 0 spiro atoms. The van der Waals surface area contributed by atoms with Gasteiger partial charge in [0.05, 0.1) is 12.5 Å². The van der Waals surface area contributed by atoms with Crippen molar-refractivity contribution in [2.75, 3.05) is 12.5 Å². The molecule has 8 heteroatoms. The van der Waals surface area contributed by atoms with Crippen LogP contribution in [0, 0.1) is 0 Å². The molecule has 0 aliphatic heterocycles. The number of hydrogen-bond acceptors (Lipinski definition) is 0. The van der Waals surface area contributed by atoms with Crippen LogP contribution in [0.2, 0.25) is 0 Å². The van der Waals surface area contributed by atoms with E-state index in [4.69, 9.17) is 0 Å². The SMILES string of the molecule is C[S+](C)Cc1ccccc1.[F][Sb-]([F])([F])([F])([F])[F]. The topological polar surface area (TPSA) is 0 Å². The van der Waals surface area contributed by atoms with Gasteiger partial charge >= 0.3 is 36.4 Å². The molecule has 0 bridgehead atoms. The average Bonchev–Trinajstić information content (AvgIpc) is 1.98. The van der Waals surface area contributed by atoms with Crippen molar-refractivity contribution in [2.24, 2.45) is 0 Å². The molecule has 0 amide bonds. The van der Waals surface area contributed by atoms with Gasteiger partial charge in [0.2, 0.25) is 0 Å². The third-order valence-electron chi connectivity index (χ3n) is 1.30. The van der Waals surface area contributed by atoms with Crippen LogP contribution in [-0.4, -0.2) is 32.0 Å². The van der Waals surface area contributed by atoms with Crippen molar-refractivity contribution in [1.29, 1.82) is 0 Å². The molecule has 1 aromatic carbocycles. The Morgan fingerprint density at radius 1 is 0.882 bits per heavy atom. The van der Waals surface area contributed by atoms with Crippen molar-refractivity contribution >= 4 is 30.4 Å². The van der Waals surface area contributed by atoms with E-state index in [9.17, 15) is 16.9 Å². The monoisotopic (exact) mass is 388 g/mol. The van der Waals surface area contributed by atoms with Crippen LogP contribution >= 0.6 is 0 Å². The molecule has 0 aliphatic carbocycles. The van der Waals surface area contributed by atoms with Gasteiger partial charge in [-0.15, -0.1) is 0 Å². The third-order valence-corrected chi connectivity index (χ3v) is 2.21. The third kappa shape index (κ3) is 21.8. The first-order valence-electron chi connectivity index (χ1n) is 4.38. The van der Waals surface area contributed by atoms with Crippen molar-refractivity contribution in [1.82, 2.24) is 0 Å². The van der Waals surface area contributed by atoms with Gasteiger partial charge in [-0.2, -0.15) is 0 Å². The zero-order valence-electron chi connectivity index (χ0n) is 9.22. The molecule has 0 atom stereocenters. The van der Waals surface area contributed by atoms with Crippen LogP contribution in [0.25, 0.3) is 0 Å². The molecule has 0 fully saturated rings. The molecule has 0 aliphatic rings. The van der Waals surface area contributed by atoms with Gasteiger partial charge in [0.25, 0.3) is 0 Å². The Morgan fingerprint density at radius 2 is 1.24 bits per heavy atom. The van der Waals surface area contributed by atoms with Crippen LogP contribution in [0.3, 0.4) is 0 Å². The summed E-state index contributed by atoms with van der Waals surface area (Å²) in [4.78, 5) is 0. The Labute approximate surface area is 101 Å². The second-order valence-corrected chi connectivity index (χ2v) is 11.3. The average molecular weight is 389 g/mol. The molecule has 0 radical (unpaired) electrons. The first kappa shape index (κ1) is 17.0. The van der Waals surface area contributed by atoms with Crippen LogP contribution in [0.5, 0.6) is 0 Å². The van der Waals surface area contributed by atoms with E-state index in [1.807, 2.05) is 0 Å². The standard InChI is InChI=1S/C9H13S.6FH.Sb/c1-10(2)8-9-6-4-3-5-7-9;;;;;;;/h3-7H,8H2,1-2H3;6*1H;/q+1;;;;;;;+5/p-6. The summed E-state index contributed by atoms with van der Waals surface area (Å²) in [6.07, 6.45) is 4.54. The predicted molar refractivity (Wildman–Crippen MR) is 61.8 cm³/mol. The second-order valence-electron chi connectivity index (χ2n) is 3.57. The van der Waals surface area contributed by atoms with Crippen molar-refractivity contribution in [3.63, 3.8) is 0 Å². The molecule has 0 unspecified atom stereocenters. The Hall–Kier alpha value is -0.0318. The first-order chi connectivity index (χ1) is 7.24. The van der Waals surface area contributed by atoms with E-state index in [2.05, 4.69) is 42.8 Å². The van der Waals surface area contributed by atoms with Gasteiger partial charge in [-0.1, -0.05) is 30.3 Å². The molecule has 1 rings (SSSR count). The van der Waals surface area contributed by atoms with Crippen molar-refractivity contribution < 1.29 is 16.9 Å². The number of hydrogen-bond donors (Lipinski definition) is 0. The molecule has 0 heterocycles. The van der Waals surface area contributed by atoms with Crippen molar-refractivity contribution in [3.05, 3.63) is 35.9 Å². The molecular formula is C9H13F6SSb. The Bertz CT molecular complexity index is 332. The number of benzene rings is 1. The first-order valence-corrected chi connectivity index (χ1v) is 12.4. The van der Waals surface area contributed by atoms with E-state index in [1.165, 1.54) is 11.3 Å². The molecule has 0 saturated heterocycles. The van der Waals surface area contributed by atoms with Crippen LogP contribution in [0.15, 0.2) is 30.3 Å². The van der Waals surface area contributed by atoms with E-state index in [1.54, 1.807) is 0 Å². The van der Waals surface area contributed by atoms with Crippen LogP contribution in [-0.2, 0) is 16.6 Å². The van der Waals surface area contributed by atoms with E-state index in [0.717, 1.165) is 0 Å². The van der Waals surface area contributed by atoms with Crippen LogP contribution < -0.4 is 0 Å². The molecular weight excluding hydrogens is 376 g/mol. The normalized spacial score (nSPS) is 15.6. The molecule has 1 aromatic rings. The maximum absolute atomic E-state index is 11.2. The molecule has 17 heavy (non-hydrogen) atoms. The summed E-state index contributed by atoms with van der Waals surface area (Å²) in [5.74, 6) is 1.22. The van der Waals surface area contributed by atoms with Gasteiger partial charge in [-0.05, 0) is 10.9 Å². The van der Waals surface area contributed by atoms with Gasteiger partial charge in [0, 0.05) is 5.56 Å². The summed E-state index contributed by atoms with van der Waals surface area (Å²) < 4.78 is 59.6. The molecule has 0 nitrogen and oxygen atoms in total. The fourth-order valence-corrected chi connectivity index (χ4v) is 1.77. The number of rotatable bonds is 2. The molecule has 0 saturated carbocycles. The maximum atomic E-state index is 9.93. The molecule has 0 aromatic heterocycles. The summed E-state index contributed by atoms with van der Waals surface area (Å²) in [6.45, 7) is 0. The molecule has 0 N–H and O–H groups in total. The van der Waals surface area contributed by atoms with Crippen LogP contribution in [0.1, 0.15) is 5.56 Å². The summed E-state index contributed by atoms with van der Waals surface area (Å²) in [7, 11) is 0.533. The fourth-order valence-electron chi connectivity index (χ4n) is 0.908. The van der Waals surface area contributed by atoms with E-state index in [-0.39, 0.29) is 0 Å². The Kier molecular flexibility index (Phi) is 4.91. The van der Waals surface area contributed by atoms with Crippen molar-refractivity contribution in [2.45, 2.75) is 5.75 Å². The summed E-state index contributed by atoms with van der Waals surface area (Å²) in [5, 5.41) is 0. The zero-order chi connectivity index (χ0) is 13.8. The Balaban J connectivity index is 0.000000325. The fraction of sp³-hybridized carbons (Fsp3) is 0.333. The van der Waals surface area contributed by atoms with Gasteiger partial charge in [0.15, 0.2) is 0 Å². The number of halogens is 6. The van der Waals surface area contributed by atoms with Crippen molar-refractivity contribution in [3.8, 4) is 0 Å². The van der Waals surface area contributed by atoms with Crippen LogP contribution in [0.4, 0.5) is 16.9 Å².